The molecule has 0 saturated carbocycles. The minimum Gasteiger partial charge on any atom is -0.259 e. The number of amidine groups is 2. The smallest absolute Gasteiger partial charge is 0.176 e. The van der Waals surface area contributed by atoms with Crippen molar-refractivity contribution in [3.63, 3.8) is 0 Å². The van der Waals surface area contributed by atoms with Crippen LogP contribution in [0.2, 0.25) is 0 Å². The maximum Gasteiger partial charge on any atom is 0.176 e. The molecular weight excluding hydrogens is 568 g/mol. The second-order valence-corrected chi connectivity index (χ2v) is 10.8. The molecule has 6 aromatic carbocycles. The number of nitrogens with one attached hydrogen (secondary N) is 2. The minimum absolute atomic E-state index is 0.781. The topological polar surface area (TPSA) is 61.7 Å². The van der Waals surface area contributed by atoms with Gasteiger partial charge in [-0.1, -0.05) is 121 Å². The van der Waals surface area contributed by atoms with Crippen molar-refractivity contribution in [1.29, 1.82) is 0 Å². The van der Waals surface area contributed by atoms with Gasteiger partial charge >= 0.3 is 0 Å². The molecule has 0 atom stereocenters. The minimum atomic E-state index is 0.781. The molecule has 2 N–H and O–H groups in total. The first kappa shape index (κ1) is 27.0. The molecule has 0 saturated heterocycles. The predicted molar refractivity (Wildman–Crippen MR) is 187 cm³/mol. The van der Waals surface area contributed by atoms with Crippen molar-refractivity contribution in [3.05, 3.63) is 181 Å². The molecule has 0 spiro atoms. The van der Waals surface area contributed by atoms with E-state index in [1.54, 1.807) is 0 Å². The summed E-state index contributed by atoms with van der Waals surface area (Å²) in [6, 6.07) is 57.5. The number of para-hydroxylation sites is 2. The van der Waals surface area contributed by atoms with E-state index in [0.717, 1.165) is 56.7 Å². The van der Waals surface area contributed by atoms with Gasteiger partial charge in [0.05, 0.1) is 22.7 Å². The maximum atomic E-state index is 4.94. The Morgan fingerprint density at radius 3 is 0.978 bits per heavy atom. The highest BCUT2D eigenvalue weighted by Crippen LogP contribution is 2.31. The molecular formula is C38H30N8. The quantitative estimate of drug-likeness (QED) is 0.198. The molecule has 0 radical (unpaired) electrons. The number of hydrogen-bond donors (Lipinski definition) is 2. The third kappa shape index (κ3) is 5.24. The number of hydrogen-bond acceptors (Lipinski definition) is 8. The normalized spacial score (nSPS) is 14.1. The zero-order valence-corrected chi connectivity index (χ0v) is 24.8. The molecule has 8 rings (SSSR count). The van der Waals surface area contributed by atoms with Crippen LogP contribution in [-0.4, -0.2) is 11.7 Å². The van der Waals surface area contributed by atoms with E-state index in [2.05, 4.69) is 108 Å². The van der Waals surface area contributed by atoms with Crippen LogP contribution in [0, 0.1) is 0 Å². The van der Waals surface area contributed by atoms with Crippen LogP contribution < -0.4 is 31.3 Å². The summed E-state index contributed by atoms with van der Waals surface area (Å²) in [4.78, 5) is 0. The number of nitrogens with zero attached hydrogens (tertiary/aromatic N) is 6. The van der Waals surface area contributed by atoms with Gasteiger partial charge in [0.1, 0.15) is 0 Å². The molecule has 0 aromatic heterocycles. The summed E-state index contributed by atoms with van der Waals surface area (Å²) < 4.78 is 0. The van der Waals surface area contributed by atoms with Crippen molar-refractivity contribution in [2.24, 2.45) is 10.2 Å². The van der Waals surface area contributed by atoms with Crippen LogP contribution in [0.5, 0.6) is 0 Å². The fourth-order valence-electron chi connectivity index (χ4n) is 5.46. The largest absolute Gasteiger partial charge is 0.259 e. The Morgan fingerprint density at radius 1 is 0.304 bits per heavy atom. The van der Waals surface area contributed by atoms with E-state index >= 15 is 0 Å². The highest BCUT2D eigenvalue weighted by Gasteiger charge is 2.27. The van der Waals surface area contributed by atoms with Gasteiger partial charge in [0.25, 0.3) is 0 Å². The van der Waals surface area contributed by atoms with E-state index in [1.165, 1.54) is 0 Å². The molecule has 2 heterocycles. The number of benzene rings is 6. The molecule has 0 unspecified atom stereocenters. The summed E-state index contributed by atoms with van der Waals surface area (Å²) in [5, 5.41) is 17.6. The summed E-state index contributed by atoms with van der Waals surface area (Å²) in [7, 11) is 0. The first-order valence-corrected chi connectivity index (χ1v) is 15.1. The monoisotopic (exact) mass is 598 g/mol. The Labute approximate surface area is 267 Å². The van der Waals surface area contributed by atoms with Gasteiger partial charge in [-0.05, 0) is 59.7 Å². The van der Waals surface area contributed by atoms with Crippen LogP contribution >= 0.6 is 0 Å². The summed E-state index contributed by atoms with van der Waals surface area (Å²) in [5.41, 5.74) is 15.0. The lowest BCUT2D eigenvalue weighted by molar-refractivity contribution is 0.771. The van der Waals surface area contributed by atoms with Crippen LogP contribution in [0.1, 0.15) is 11.1 Å². The Bertz CT molecular complexity index is 1830. The maximum absolute atomic E-state index is 4.94. The van der Waals surface area contributed by atoms with Gasteiger partial charge < -0.3 is 0 Å². The molecule has 8 heteroatoms. The second kappa shape index (κ2) is 11.9. The lowest BCUT2D eigenvalue weighted by Gasteiger charge is -2.28. The van der Waals surface area contributed by atoms with Crippen molar-refractivity contribution in [1.82, 2.24) is 10.9 Å². The van der Waals surface area contributed by atoms with Crippen molar-refractivity contribution in [2.45, 2.75) is 0 Å². The van der Waals surface area contributed by atoms with Gasteiger partial charge in [-0.2, -0.15) is 20.5 Å². The molecule has 2 aliphatic rings. The van der Waals surface area contributed by atoms with E-state index in [0.29, 0.717) is 0 Å². The lowest BCUT2D eigenvalue weighted by atomic mass is 10.1. The number of rotatable bonds is 7. The van der Waals surface area contributed by atoms with E-state index in [-0.39, 0.29) is 0 Å². The molecule has 8 nitrogen and oxygen atoms in total. The van der Waals surface area contributed by atoms with Crippen molar-refractivity contribution >= 4 is 34.4 Å². The van der Waals surface area contributed by atoms with Crippen LogP contribution in [0.3, 0.4) is 0 Å². The SMILES string of the molecule is c1ccc(C2=NN(c3ccc(-c4ccc(N5N=C(c6ccccc6)NN5c5ccccc5)cc4)cc3)N(c3ccccc3)N2)cc1. The van der Waals surface area contributed by atoms with Crippen molar-refractivity contribution < 1.29 is 0 Å². The second-order valence-electron chi connectivity index (χ2n) is 10.8. The molecule has 0 amide bonds. The third-order valence-corrected chi connectivity index (χ3v) is 7.82. The van der Waals surface area contributed by atoms with Crippen LogP contribution in [0.15, 0.2) is 180 Å². The van der Waals surface area contributed by atoms with Gasteiger partial charge in [-0.25, -0.2) is 0 Å². The summed E-state index contributed by atoms with van der Waals surface area (Å²) in [6.07, 6.45) is 0. The van der Waals surface area contributed by atoms with Crippen LogP contribution in [0.25, 0.3) is 11.1 Å². The zero-order chi connectivity index (χ0) is 30.7. The average molecular weight is 599 g/mol. The van der Waals surface area contributed by atoms with E-state index in [1.807, 2.05) is 93.3 Å². The highest BCUT2D eigenvalue weighted by atomic mass is 16.0. The van der Waals surface area contributed by atoms with Gasteiger partial charge in [0.2, 0.25) is 0 Å². The third-order valence-electron chi connectivity index (χ3n) is 7.82. The number of anilines is 4. The van der Waals surface area contributed by atoms with E-state index in [4.69, 9.17) is 10.2 Å². The molecule has 2 aliphatic heterocycles. The standard InChI is InChI=1S/C38H30N8/c1-5-13-31(14-6-1)37-39-43(33-17-9-3-10-18-33)45(41-37)35-25-21-29(22-26-35)30-23-27-36(28-24-30)46-42-38(32-15-7-2-8-16-32)40-44(46)34-19-11-4-12-20-34/h1-28H,(H,39,41)(H,40,42). The fraction of sp³-hybridized carbons (Fsp3) is 0. The number of hydrazine groups is 4. The van der Waals surface area contributed by atoms with Gasteiger partial charge in [-0.15, -0.1) is 10.2 Å². The van der Waals surface area contributed by atoms with Crippen molar-refractivity contribution in [3.8, 4) is 11.1 Å². The Hall–Kier alpha value is -6.54. The average Bonchev–Trinajstić information content (AvgIpc) is 3.80. The van der Waals surface area contributed by atoms with Crippen LogP contribution in [0.4, 0.5) is 22.7 Å². The summed E-state index contributed by atoms with van der Waals surface area (Å²) >= 11 is 0. The Kier molecular flexibility index (Phi) is 6.97. The summed E-state index contributed by atoms with van der Waals surface area (Å²) in [6.45, 7) is 0. The number of hydrazone groups is 2. The molecule has 0 bridgehead atoms. The zero-order valence-electron chi connectivity index (χ0n) is 24.8. The predicted octanol–water partition coefficient (Wildman–Crippen LogP) is 7.57. The van der Waals surface area contributed by atoms with Gasteiger partial charge in [0.15, 0.2) is 11.7 Å². The Morgan fingerprint density at radius 2 is 0.630 bits per heavy atom. The van der Waals surface area contributed by atoms with E-state index < -0.39 is 0 Å². The molecule has 0 fully saturated rings. The lowest BCUT2D eigenvalue weighted by Crippen LogP contribution is -2.44. The molecule has 46 heavy (non-hydrogen) atoms. The first-order valence-electron chi connectivity index (χ1n) is 15.1. The highest BCUT2D eigenvalue weighted by molar-refractivity contribution is 6.03. The Balaban J connectivity index is 1.07. The fourth-order valence-corrected chi connectivity index (χ4v) is 5.46. The van der Waals surface area contributed by atoms with Gasteiger partial charge in [0, 0.05) is 11.1 Å². The van der Waals surface area contributed by atoms with Gasteiger partial charge in [-0.3, -0.25) is 10.9 Å². The van der Waals surface area contributed by atoms with Crippen LogP contribution in [-0.2, 0) is 0 Å². The first-order chi connectivity index (χ1) is 22.8. The summed E-state index contributed by atoms with van der Waals surface area (Å²) in [5.74, 6) is 1.56. The molecule has 0 aliphatic carbocycles. The molecule has 222 valence electrons. The van der Waals surface area contributed by atoms with Crippen molar-refractivity contribution in [2.75, 3.05) is 20.5 Å². The van der Waals surface area contributed by atoms with E-state index in [9.17, 15) is 0 Å². The molecule has 6 aromatic rings.